The third-order valence-corrected chi connectivity index (χ3v) is 13.8. The molecule has 0 spiro atoms. The first kappa shape index (κ1) is 34.8. The maximum absolute atomic E-state index is 2.62. The van der Waals surface area contributed by atoms with Crippen LogP contribution in [0.25, 0.3) is 71.6 Å². The van der Waals surface area contributed by atoms with Crippen LogP contribution in [0.4, 0.5) is 17.1 Å². The Morgan fingerprint density at radius 2 is 0.900 bits per heavy atom. The van der Waals surface area contributed by atoms with Crippen molar-refractivity contribution in [3.63, 3.8) is 0 Å². The molecule has 0 fully saturated rings. The van der Waals surface area contributed by atoms with E-state index < -0.39 is 0 Å². The fourth-order valence-electron chi connectivity index (χ4n) is 11.1. The number of nitrogens with zero attached hydrogens (tertiary/aromatic N) is 2. The van der Waals surface area contributed by atoms with Crippen molar-refractivity contribution in [2.45, 2.75) is 38.5 Å². The molecule has 2 nitrogen and oxygen atoms in total. The molecule has 12 rings (SSSR count). The van der Waals surface area contributed by atoms with E-state index in [4.69, 9.17) is 0 Å². The highest BCUT2D eigenvalue weighted by Crippen LogP contribution is 2.59. The lowest BCUT2D eigenvalue weighted by Crippen LogP contribution is -2.22. The number of hydrogen-bond donors (Lipinski definition) is 0. The molecule has 60 heavy (non-hydrogen) atoms. The van der Waals surface area contributed by atoms with Crippen molar-refractivity contribution in [2.75, 3.05) is 4.90 Å². The van der Waals surface area contributed by atoms with Gasteiger partial charge < -0.3 is 9.47 Å². The van der Waals surface area contributed by atoms with E-state index >= 15 is 0 Å². The summed E-state index contributed by atoms with van der Waals surface area (Å²) >= 11 is 0. The molecule has 0 N–H and O–H groups in total. The van der Waals surface area contributed by atoms with Crippen molar-refractivity contribution in [3.05, 3.63) is 216 Å². The molecule has 10 aromatic rings. The first-order valence-corrected chi connectivity index (χ1v) is 21.2. The minimum atomic E-state index is -0.238. The van der Waals surface area contributed by atoms with Gasteiger partial charge in [0.2, 0.25) is 0 Å². The maximum Gasteiger partial charge on any atom is 0.0543 e. The van der Waals surface area contributed by atoms with Crippen molar-refractivity contribution in [3.8, 4) is 39.1 Å². The second-order valence-corrected chi connectivity index (χ2v) is 17.7. The zero-order chi connectivity index (χ0) is 40.3. The molecule has 0 saturated carbocycles. The van der Waals surface area contributed by atoms with Crippen molar-refractivity contribution >= 4 is 49.6 Å². The van der Waals surface area contributed by atoms with Gasteiger partial charge in [-0.25, -0.2) is 0 Å². The lowest BCUT2D eigenvalue weighted by molar-refractivity contribution is 0.659. The number of rotatable bonds is 5. The van der Waals surface area contributed by atoms with Crippen LogP contribution in [-0.2, 0) is 10.8 Å². The zero-order valence-corrected chi connectivity index (χ0v) is 34.4. The predicted molar refractivity (Wildman–Crippen MR) is 254 cm³/mol. The van der Waals surface area contributed by atoms with Gasteiger partial charge in [0, 0.05) is 38.4 Å². The van der Waals surface area contributed by atoms with Gasteiger partial charge in [0.25, 0.3) is 0 Å². The van der Waals surface area contributed by atoms with Crippen molar-refractivity contribution in [1.29, 1.82) is 0 Å². The van der Waals surface area contributed by atoms with Gasteiger partial charge in [0.05, 0.1) is 28.1 Å². The highest BCUT2D eigenvalue weighted by Gasteiger charge is 2.42. The summed E-state index contributed by atoms with van der Waals surface area (Å²) in [7, 11) is 0. The molecule has 0 unspecified atom stereocenters. The minimum Gasteiger partial charge on any atom is -0.309 e. The SMILES string of the molecule is CC1(C)c2ccccc2-c2c(N(c3ccc(-n4c5ccccc5c5ccccc54)cc3-c3cccc4ccccc34)c3cccc4c3C(C)(C)c3ccccc3-4)cccc21. The summed E-state index contributed by atoms with van der Waals surface area (Å²) in [6.45, 7) is 9.58. The van der Waals surface area contributed by atoms with Gasteiger partial charge in [0.1, 0.15) is 0 Å². The van der Waals surface area contributed by atoms with Crippen LogP contribution in [0.15, 0.2) is 194 Å². The monoisotopic (exact) mass is 768 g/mol. The van der Waals surface area contributed by atoms with Crippen LogP contribution in [0, 0.1) is 0 Å². The average molecular weight is 769 g/mol. The van der Waals surface area contributed by atoms with E-state index in [9.17, 15) is 0 Å². The summed E-state index contributed by atoms with van der Waals surface area (Å²) in [5.74, 6) is 0. The summed E-state index contributed by atoms with van der Waals surface area (Å²) in [5, 5.41) is 4.97. The van der Waals surface area contributed by atoms with Crippen molar-refractivity contribution in [1.82, 2.24) is 4.57 Å². The van der Waals surface area contributed by atoms with E-state index in [2.05, 4.69) is 231 Å². The van der Waals surface area contributed by atoms with Crippen LogP contribution in [0.3, 0.4) is 0 Å². The maximum atomic E-state index is 2.62. The Hall–Kier alpha value is -7.16. The van der Waals surface area contributed by atoms with Crippen LogP contribution in [-0.4, -0.2) is 4.57 Å². The first-order chi connectivity index (χ1) is 29.3. The largest absolute Gasteiger partial charge is 0.309 e. The molecule has 1 heterocycles. The Balaban J connectivity index is 1.22. The molecular weight excluding hydrogens is 725 g/mol. The number of benzene rings is 9. The van der Waals surface area contributed by atoms with Gasteiger partial charge in [-0.15, -0.1) is 0 Å². The Morgan fingerprint density at radius 1 is 0.367 bits per heavy atom. The highest BCUT2D eigenvalue weighted by molar-refractivity contribution is 6.10. The molecule has 9 aromatic carbocycles. The van der Waals surface area contributed by atoms with E-state index in [1.54, 1.807) is 0 Å². The molecule has 1 aromatic heterocycles. The molecule has 2 heteroatoms. The van der Waals surface area contributed by atoms with Gasteiger partial charge in [0.15, 0.2) is 0 Å². The molecule has 2 aliphatic carbocycles. The average Bonchev–Trinajstić information content (AvgIpc) is 3.84. The predicted octanol–water partition coefficient (Wildman–Crippen LogP) is 15.7. The van der Waals surface area contributed by atoms with E-state index in [0.717, 1.165) is 11.4 Å². The minimum absolute atomic E-state index is 0.152. The van der Waals surface area contributed by atoms with E-state index in [1.807, 2.05) is 0 Å². The number of hydrogen-bond acceptors (Lipinski definition) is 1. The fourth-order valence-corrected chi connectivity index (χ4v) is 11.1. The smallest absolute Gasteiger partial charge is 0.0543 e. The van der Waals surface area contributed by atoms with Crippen LogP contribution < -0.4 is 4.90 Å². The quantitative estimate of drug-likeness (QED) is 0.169. The standard InChI is InChI=1S/C58H44N2/c1-57(2)48-28-12-8-24-45(48)55-49(57)29-17-32-53(55)60(54-33-16-26-44-41-21-7-11-27-47(41)58(3,4)56(44)54)52-35-34-38(36-46(52)40-25-15-19-37-18-5-6-20-39(37)40)59-50-30-13-9-22-42(50)43-23-10-14-31-51(43)59/h5-36H,1-4H3. The van der Waals surface area contributed by atoms with Crippen molar-refractivity contribution < 1.29 is 0 Å². The van der Waals surface area contributed by atoms with E-state index in [0.29, 0.717) is 0 Å². The second-order valence-electron chi connectivity index (χ2n) is 17.7. The van der Waals surface area contributed by atoms with E-state index in [-0.39, 0.29) is 10.8 Å². The van der Waals surface area contributed by atoms with Gasteiger partial charge in [-0.2, -0.15) is 0 Å². The van der Waals surface area contributed by atoms with Gasteiger partial charge in [-0.3, -0.25) is 0 Å². The Kier molecular flexibility index (Phi) is 7.36. The normalized spacial score (nSPS) is 14.3. The van der Waals surface area contributed by atoms with Crippen LogP contribution >= 0.6 is 0 Å². The summed E-state index contributed by atoms with van der Waals surface area (Å²) in [5.41, 5.74) is 19.8. The molecule has 2 aliphatic rings. The number of para-hydroxylation sites is 2. The first-order valence-electron chi connectivity index (χ1n) is 21.2. The molecular formula is C58H44N2. The molecule has 286 valence electrons. The third kappa shape index (κ3) is 4.76. The summed E-state index contributed by atoms with van der Waals surface area (Å²) in [6, 6.07) is 72.4. The molecule has 0 amide bonds. The van der Waals surface area contributed by atoms with E-state index in [1.165, 1.54) is 99.6 Å². The second kappa shape index (κ2) is 12.7. The molecule has 0 saturated heterocycles. The van der Waals surface area contributed by atoms with Gasteiger partial charge >= 0.3 is 0 Å². The lowest BCUT2D eigenvalue weighted by Gasteiger charge is -2.35. The number of aromatic nitrogens is 1. The number of anilines is 3. The van der Waals surface area contributed by atoms with Crippen LogP contribution in [0.5, 0.6) is 0 Å². The fraction of sp³-hybridized carbons (Fsp3) is 0.103. The Morgan fingerprint density at radius 3 is 1.67 bits per heavy atom. The van der Waals surface area contributed by atoms with Gasteiger partial charge in [-0.05, 0) is 97.7 Å². The number of fused-ring (bicyclic) bond motifs is 10. The van der Waals surface area contributed by atoms with Gasteiger partial charge in [-0.1, -0.05) is 179 Å². The lowest BCUT2D eigenvalue weighted by atomic mass is 9.81. The molecule has 0 atom stereocenters. The summed E-state index contributed by atoms with van der Waals surface area (Å²) in [6.07, 6.45) is 0. The third-order valence-electron chi connectivity index (χ3n) is 13.8. The highest BCUT2D eigenvalue weighted by atomic mass is 15.2. The molecule has 0 aliphatic heterocycles. The topological polar surface area (TPSA) is 8.17 Å². The van der Waals surface area contributed by atoms with Crippen LogP contribution in [0.2, 0.25) is 0 Å². The Bertz CT molecular complexity index is 3340. The van der Waals surface area contributed by atoms with Crippen LogP contribution in [0.1, 0.15) is 49.9 Å². The Labute approximate surface area is 351 Å². The summed E-state index contributed by atoms with van der Waals surface area (Å²) < 4.78 is 2.45. The molecule has 0 bridgehead atoms. The van der Waals surface area contributed by atoms with Crippen molar-refractivity contribution in [2.24, 2.45) is 0 Å². The zero-order valence-electron chi connectivity index (χ0n) is 34.4. The summed E-state index contributed by atoms with van der Waals surface area (Å²) in [4.78, 5) is 2.62. The molecule has 0 radical (unpaired) electrons.